The molecule has 172 valence electrons. The van der Waals surface area contributed by atoms with Gasteiger partial charge in [0.25, 0.3) is 15.9 Å². The summed E-state index contributed by atoms with van der Waals surface area (Å²) >= 11 is 0. The quantitative estimate of drug-likeness (QED) is 0.576. The fraction of sp³-hybridized carbons (Fsp3) is 0.217. The molecule has 0 atom stereocenters. The molecule has 1 aliphatic heterocycles. The number of piperazine rings is 1. The van der Waals surface area contributed by atoms with E-state index in [0.717, 1.165) is 56.3 Å². The minimum atomic E-state index is -4.00. The molecule has 10 heteroatoms. The Labute approximate surface area is 192 Å². The van der Waals surface area contributed by atoms with Crippen molar-refractivity contribution in [3.05, 3.63) is 78.2 Å². The molecule has 2 heterocycles. The molecule has 2 aromatic carbocycles. The molecule has 0 saturated carbocycles. The second-order valence-electron chi connectivity index (χ2n) is 7.75. The van der Waals surface area contributed by atoms with Crippen LogP contribution in [0.15, 0.2) is 71.8 Å². The van der Waals surface area contributed by atoms with E-state index < -0.39 is 21.7 Å². The number of benzene rings is 2. The van der Waals surface area contributed by atoms with Crippen molar-refractivity contribution in [1.29, 1.82) is 0 Å². The van der Waals surface area contributed by atoms with Gasteiger partial charge in [0.1, 0.15) is 11.6 Å². The maximum atomic E-state index is 13.1. The largest absolute Gasteiger partial charge is 0.354 e. The SMILES string of the molecule is CN1CCN(c2ccc(NC(=O)c3ccccc3NS(=O)(=O)c3ccc(F)cc3)cn2)CC1. The molecule has 1 aliphatic rings. The van der Waals surface area contributed by atoms with Crippen LogP contribution in [-0.4, -0.2) is 57.4 Å². The Kier molecular flexibility index (Phi) is 6.57. The first-order chi connectivity index (χ1) is 15.8. The number of rotatable bonds is 6. The number of para-hydroxylation sites is 1. The Morgan fingerprint density at radius 3 is 2.33 bits per heavy atom. The molecule has 0 unspecified atom stereocenters. The molecule has 0 aliphatic carbocycles. The molecular formula is C23H24FN5O3S. The van der Waals surface area contributed by atoms with Gasteiger partial charge >= 0.3 is 0 Å². The summed E-state index contributed by atoms with van der Waals surface area (Å²) in [5.74, 6) is -0.184. The van der Waals surface area contributed by atoms with Crippen molar-refractivity contribution in [3.8, 4) is 0 Å². The fourth-order valence-corrected chi connectivity index (χ4v) is 4.55. The van der Waals surface area contributed by atoms with Crippen LogP contribution in [0, 0.1) is 5.82 Å². The number of amides is 1. The molecule has 0 spiro atoms. The molecule has 1 saturated heterocycles. The van der Waals surface area contributed by atoms with Crippen molar-refractivity contribution in [2.24, 2.45) is 0 Å². The Bertz CT molecular complexity index is 1230. The second-order valence-corrected chi connectivity index (χ2v) is 9.44. The van der Waals surface area contributed by atoms with Gasteiger partial charge in [0.2, 0.25) is 0 Å². The third-order valence-corrected chi connectivity index (χ3v) is 6.75. The van der Waals surface area contributed by atoms with Gasteiger partial charge in [-0.15, -0.1) is 0 Å². The highest BCUT2D eigenvalue weighted by molar-refractivity contribution is 7.92. The molecule has 8 nitrogen and oxygen atoms in total. The average molecular weight is 470 g/mol. The van der Waals surface area contributed by atoms with Crippen LogP contribution in [0.2, 0.25) is 0 Å². The Balaban J connectivity index is 1.47. The molecular weight excluding hydrogens is 445 g/mol. The maximum absolute atomic E-state index is 13.1. The standard InChI is InChI=1S/C23H24FN5O3S/c1-28-12-14-29(15-13-28)22-11-8-18(16-25-22)26-23(30)20-4-2-3-5-21(20)27-33(31,32)19-9-6-17(24)7-10-19/h2-11,16,27H,12-15H2,1H3,(H,26,30). The Morgan fingerprint density at radius 2 is 1.67 bits per heavy atom. The summed E-state index contributed by atoms with van der Waals surface area (Å²) in [6.07, 6.45) is 1.58. The lowest BCUT2D eigenvalue weighted by Crippen LogP contribution is -2.44. The lowest BCUT2D eigenvalue weighted by atomic mass is 10.1. The molecule has 33 heavy (non-hydrogen) atoms. The normalized spacial score (nSPS) is 14.7. The summed E-state index contributed by atoms with van der Waals surface area (Å²) in [5, 5.41) is 2.76. The van der Waals surface area contributed by atoms with Gasteiger partial charge in [0, 0.05) is 26.2 Å². The number of anilines is 3. The van der Waals surface area contributed by atoms with Crippen LogP contribution >= 0.6 is 0 Å². The predicted molar refractivity (Wildman–Crippen MR) is 126 cm³/mol. The number of nitrogens with zero attached hydrogens (tertiary/aromatic N) is 3. The van der Waals surface area contributed by atoms with Crippen LogP contribution in [-0.2, 0) is 10.0 Å². The highest BCUT2D eigenvalue weighted by Gasteiger charge is 2.19. The zero-order valence-corrected chi connectivity index (χ0v) is 18.8. The molecule has 4 rings (SSSR count). The van der Waals surface area contributed by atoms with Crippen molar-refractivity contribution >= 4 is 33.1 Å². The van der Waals surface area contributed by atoms with Gasteiger partial charge < -0.3 is 15.1 Å². The monoisotopic (exact) mass is 469 g/mol. The van der Waals surface area contributed by atoms with Gasteiger partial charge in [-0.05, 0) is 55.6 Å². The van der Waals surface area contributed by atoms with Crippen LogP contribution in [0.5, 0.6) is 0 Å². The van der Waals surface area contributed by atoms with Gasteiger partial charge in [0.15, 0.2) is 0 Å². The fourth-order valence-electron chi connectivity index (χ4n) is 3.47. The Morgan fingerprint density at radius 1 is 0.970 bits per heavy atom. The predicted octanol–water partition coefficient (Wildman–Crippen LogP) is 3.03. The molecule has 2 N–H and O–H groups in total. The van der Waals surface area contributed by atoms with Gasteiger partial charge in [-0.1, -0.05) is 12.1 Å². The average Bonchev–Trinajstić information content (AvgIpc) is 2.80. The summed E-state index contributed by atoms with van der Waals surface area (Å²) in [6, 6.07) is 14.3. The van der Waals surface area contributed by atoms with Crippen molar-refractivity contribution in [2.75, 3.05) is 48.2 Å². The lowest BCUT2D eigenvalue weighted by Gasteiger charge is -2.33. The third-order valence-electron chi connectivity index (χ3n) is 5.37. The summed E-state index contributed by atoms with van der Waals surface area (Å²) in [5.41, 5.74) is 0.752. The van der Waals surface area contributed by atoms with Crippen molar-refractivity contribution < 1.29 is 17.6 Å². The summed E-state index contributed by atoms with van der Waals surface area (Å²) in [7, 11) is -1.91. The first-order valence-electron chi connectivity index (χ1n) is 10.4. The zero-order chi connectivity index (χ0) is 23.4. The lowest BCUT2D eigenvalue weighted by molar-refractivity contribution is 0.102. The van der Waals surface area contributed by atoms with Gasteiger partial charge in [-0.25, -0.2) is 17.8 Å². The molecule has 3 aromatic rings. The number of pyridine rings is 1. The van der Waals surface area contributed by atoms with E-state index in [9.17, 15) is 17.6 Å². The van der Waals surface area contributed by atoms with E-state index in [1.165, 1.54) is 12.1 Å². The van der Waals surface area contributed by atoms with Gasteiger partial charge in [-0.3, -0.25) is 9.52 Å². The number of carbonyl (C=O) groups excluding carboxylic acids is 1. The van der Waals surface area contributed by atoms with E-state index in [1.807, 2.05) is 6.07 Å². The van der Waals surface area contributed by atoms with Gasteiger partial charge in [0.05, 0.1) is 28.0 Å². The summed E-state index contributed by atoms with van der Waals surface area (Å²) < 4.78 is 40.9. The van der Waals surface area contributed by atoms with E-state index in [-0.39, 0.29) is 16.1 Å². The third kappa shape index (κ3) is 5.47. The first-order valence-corrected chi connectivity index (χ1v) is 11.9. The minimum absolute atomic E-state index is 0.109. The zero-order valence-electron chi connectivity index (χ0n) is 18.0. The number of carbonyl (C=O) groups is 1. The van der Waals surface area contributed by atoms with Crippen molar-refractivity contribution in [3.63, 3.8) is 0 Å². The number of hydrogen-bond acceptors (Lipinski definition) is 6. The topological polar surface area (TPSA) is 94.6 Å². The highest BCUT2D eigenvalue weighted by atomic mass is 32.2. The molecule has 1 aromatic heterocycles. The number of aromatic nitrogens is 1. The van der Waals surface area contributed by atoms with E-state index in [0.29, 0.717) is 5.69 Å². The number of hydrogen-bond donors (Lipinski definition) is 2. The van der Waals surface area contributed by atoms with E-state index in [2.05, 4.69) is 31.9 Å². The molecule has 1 fully saturated rings. The summed E-state index contributed by atoms with van der Waals surface area (Å²) in [6.45, 7) is 3.70. The number of halogens is 1. The highest BCUT2D eigenvalue weighted by Crippen LogP contribution is 2.22. The number of sulfonamides is 1. The van der Waals surface area contributed by atoms with Crippen LogP contribution in [0.1, 0.15) is 10.4 Å². The van der Waals surface area contributed by atoms with Crippen LogP contribution < -0.4 is 14.9 Å². The smallest absolute Gasteiger partial charge is 0.261 e. The van der Waals surface area contributed by atoms with E-state index in [4.69, 9.17) is 0 Å². The van der Waals surface area contributed by atoms with Crippen LogP contribution in [0.3, 0.4) is 0 Å². The van der Waals surface area contributed by atoms with Gasteiger partial charge in [-0.2, -0.15) is 0 Å². The molecule has 0 radical (unpaired) electrons. The first kappa shape index (κ1) is 22.7. The summed E-state index contributed by atoms with van der Waals surface area (Å²) in [4.78, 5) is 21.7. The molecule has 1 amide bonds. The van der Waals surface area contributed by atoms with Crippen molar-refractivity contribution in [1.82, 2.24) is 9.88 Å². The number of likely N-dealkylation sites (N-methyl/N-ethyl adjacent to an activating group) is 1. The van der Waals surface area contributed by atoms with Crippen LogP contribution in [0.25, 0.3) is 0 Å². The Hall–Kier alpha value is -3.50. The minimum Gasteiger partial charge on any atom is -0.354 e. The molecule has 0 bridgehead atoms. The van der Waals surface area contributed by atoms with Crippen molar-refractivity contribution in [2.45, 2.75) is 4.90 Å². The van der Waals surface area contributed by atoms with E-state index in [1.54, 1.807) is 24.4 Å². The second kappa shape index (κ2) is 9.55. The number of nitrogens with one attached hydrogen (secondary N) is 2. The van der Waals surface area contributed by atoms with E-state index >= 15 is 0 Å². The van der Waals surface area contributed by atoms with Crippen LogP contribution in [0.4, 0.5) is 21.6 Å². The maximum Gasteiger partial charge on any atom is 0.261 e.